The number of thiocarbonyl (C=S) groups is 1. The fraction of sp³-hybridized carbons (Fsp3) is 0.381. The molecule has 2 aromatic rings. The maximum absolute atomic E-state index is 6.05. The molecule has 0 saturated carbocycles. The molecule has 1 saturated heterocycles. The third-order valence-electron chi connectivity index (χ3n) is 4.50. The molecule has 0 atom stereocenters. The molecular formula is C21H23BrClNO2S. The predicted molar refractivity (Wildman–Crippen MR) is 118 cm³/mol. The zero-order valence-electron chi connectivity index (χ0n) is 15.3. The number of halogens is 2. The number of hydrogen-bond donors (Lipinski definition) is 0. The Labute approximate surface area is 179 Å². The summed E-state index contributed by atoms with van der Waals surface area (Å²) in [6, 6.07) is 11.6. The van der Waals surface area contributed by atoms with E-state index in [2.05, 4.69) is 20.8 Å². The second-order valence-corrected chi connectivity index (χ2v) is 8.16. The molecule has 3 rings (SSSR count). The summed E-state index contributed by atoms with van der Waals surface area (Å²) in [6.45, 7) is 5.01. The van der Waals surface area contributed by atoms with Crippen molar-refractivity contribution in [1.29, 1.82) is 0 Å². The summed E-state index contributed by atoms with van der Waals surface area (Å²) in [5, 5.41) is 0.713. The van der Waals surface area contributed by atoms with E-state index in [1.807, 2.05) is 43.3 Å². The van der Waals surface area contributed by atoms with Gasteiger partial charge in [-0.1, -0.05) is 36.0 Å². The summed E-state index contributed by atoms with van der Waals surface area (Å²) < 4.78 is 12.7. The third kappa shape index (κ3) is 5.37. The fourth-order valence-corrected chi connectivity index (χ4v) is 4.09. The van der Waals surface area contributed by atoms with Crippen molar-refractivity contribution in [1.82, 2.24) is 4.90 Å². The smallest absolute Gasteiger partial charge is 0.175 e. The number of nitrogens with zero attached hydrogens (tertiary/aromatic N) is 1. The van der Waals surface area contributed by atoms with Gasteiger partial charge in [-0.2, -0.15) is 0 Å². The van der Waals surface area contributed by atoms with Gasteiger partial charge in [0.15, 0.2) is 11.5 Å². The lowest BCUT2D eigenvalue weighted by Crippen LogP contribution is -2.34. The average molecular weight is 469 g/mol. The summed E-state index contributed by atoms with van der Waals surface area (Å²) in [7, 11) is 0. The van der Waals surface area contributed by atoms with Crippen LogP contribution in [0.1, 0.15) is 37.3 Å². The molecule has 1 aliphatic rings. The number of likely N-dealkylation sites (tertiary alicyclic amines) is 1. The van der Waals surface area contributed by atoms with Crippen LogP contribution in [0.15, 0.2) is 40.9 Å². The molecule has 0 bridgehead atoms. The second kappa shape index (κ2) is 9.76. The molecule has 144 valence electrons. The highest BCUT2D eigenvalue weighted by atomic mass is 79.9. The van der Waals surface area contributed by atoms with Gasteiger partial charge < -0.3 is 14.4 Å². The van der Waals surface area contributed by atoms with E-state index in [0.717, 1.165) is 33.7 Å². The monoisotopic (exact) mass is 467 g/mol. The van der Waals surface area contributed by atoms with E-state index in [1.165, 1.54) is 19.3 Å². The van der Waals surface area contributed by atoms with Crippen molar-refractivity contribution in [3.05, 3.63) is 57.0 Å². The Morgan fingerprint density at radius 3 is 2.48 bits per heavy atom. The zero-order valence-corrected chi connectivity index (χ0v) is 18.5. The second-order valence-electron chi connectivity index (χ2n) is 6.49. The first kappa shape index (κ1) is 20.4. The first-order valence-electron chi connectivity index (χ1n) is 9.21. The lowest BCUT2D eigenvalue weighted by molar-refractivity contribution is 0.267. The topological polar surface area (TPSA) is 21.7 Å². The number of benzene rings is 2. The molecule has 0 amide bonds. The van der Waals surface area contributed by atoms with Crippen LogP contribution in [0.2, 0.25) is 5.02 Å². The van der Waals surface area contributed by atoms with Gasteiger partial charge in [-0.25, -0.2) is 0 Å². The molecule has 0 aliphatic carbocycles. The molecule has 27 heavy (non-hydrogen) atoms. The quantitative estimate of drug-likeness (QED) is 0.468. The van der Waals surface area contributed by atoms with Crippen LogP contribution in [0.3, 0.4) is 0 Å². The van der Waals surface area contributed by atoms with Crippen LogP contribution in [0.5, 0.6) is 11.5 Å². The van der Waals surface area contributed by atoms with Gasteiger partial charge in [0.2, 0.25) is 0 Å². The van der Waals surface area contributed by atoms with Crippen molar-refractivity contribution in [2.24, 2.45) is 0 Å². The molecule has 1 fully saturated rings. The van der Waals surface area contributed by atoms with E-state index in [1.54, 1.807) is 0 Å². The van der Waals surface area contributed by atoms with E-state index in [9.17, 15) is 0 Å². The summed E-state index contributed by atoms with van der Waals surface area (Å²) in [5.74, 6) is 1.40. The van der Waals surface area contributed by atoms with Crippen LogP contribution in [0, 0.1) is 0 Å². The van der Waals surface area contributed by atoms with E-state index >= 15 is 0 Å². The average Bonchev–Trinajstić information content (AvgIpc) is 2.69. The molecular weight excluding hydrogens is 446 g/mol. The van der Waals surface area contributed by atoms with Crippen molar-refractivity contribution < 1.29 is 9.47 Å². The molecule has 3 nitrogen and oxygen atoms in total. The predicted octanol–water partition coefficient (Wildman–Crippen LogP) is 6.24. The summed E-state index contributed by atoms with van der Waals surface area (Å²) in [6.07, 6.45) is 3.67. The van der Waals surface area contributed by atoms with Crippen molar-refractivity contribution in [2.45, 2.75) is 32.8 Å². The van der Waals surface area contributed by atoms with Gasteiger partial charge in [0.05, 0.1) is 11.1 Å². The highest BCUT2D eigenvalue weighted by Crippen LogP contribution is 2.38. The Kier molecular flexibility index (Phi) is 7.39. The Bertz CT molecular complexity index is 792. The van der Waals surface area contributed by atoms with Crippen molar-refractivity contribution in [3.8, 4) is 11.5 Å². The molecule has 0 unspecified atom stereocenters. The Morgan fingerprint density at radius 1 is 1.11 bits per heavy atom. The number of hydrogen-bond acceptors (Lipinski definition) is 3. The summed E-state index contributed by atoms with van der Waals surface area (Å²) in [4.78, 5) is 3.16. The molecule has 0 spiro atoms. The van der Waals surface area contributed by atoms with Crippen LogP contribution >= 0.6 is 39.7 Å². The lowest BCUT2D eigenvalue weighted by Gasteiger charge is -2.29. The highest BCUT2D eigenvalue weighted by Gasteiger charge is 2.19. The van der Waals surface area contributed by atoms with Gasteiger partial charge in [0.25, 0.3) is 0 Å². The van der Waals surface area contributed by atoms with Gasteiger partial charge in [-0.15, -0.1) is 0 Å². The highest BCUT2D eigenvalue weighted by molar-refractivity contribution is 9.10. The molecule has 0 aromatic heterocycles. The molecule has 1 heterocycles. The normalized spacial score (nSPS) is 14.1. The minimum atomic E-state index is 0.436. The van der Waals surface area contributed by atoms with Gasteiger partial charge in [-0.3, -0.25) is 0 Å². The number of rotatable bonds is 6. The molecule has 0 radical (unpaired) electrons. The molecule has 6 heteroatoms. The van der Waals surface area contributed by atoms with E-state index in [0.29, 0.717) is 29.7 Å². The first-order chi connectivity index (χ1) is 13.1. The van der Waals surface area contributed by atoms with E-state index < -0.39 is 0 Å². The maximum Gasteiger partial charge on any atom is 0.175 e. The Hall–Kier alpha value is -1.30. The van der Waals surface area contributed by atoms with Crippen LogP contribution in [0.4, 0.5) is 0 Å². The van der Waals surface area contributed by atoms with Crippen LogP contribution in [0.25, 0.3) is 0 Å². The summed E-state index contributed by atoms with van der Waals surface area (Å²) >= 11 is 15.3. The molecule has 0 N–H and O–H groups in total. The van der Waals surface area contributed by atoms with Gasteiger partial charge in [0, 0.05) is 23.7 Å². The molecule has 1 aliphatic heterocycles. The first-order valence-corrected chi connectivity index (χ1v) is 10.8. The minimum Gasteiger partial charge on any atom is -0.490 e. The van der Waals surface area contributed by atoms with E-state index in [-0.39, 0.29) is 0 Å². The Morgan fingerprint density at radius 2 is 1.81 bits per heavy atom. The van der Waals surface area contributed by atoms with Crippen molar-refractivity contribution >= 4 is 44.7 Å². The number of piperidine rings is 1. The van der Waals surface area contributed by atoms with Crippen LogP contribution in [-0.2, 0) is 6.61 Å². The number of ether oxygens (including phenoxy) is 2. The largest absolute Gasteiger partial charge is 0.490 e. The zero-order chi connectivity index (χ0) is 19.2. The van der Waals surface area contributed by atoms with Gasteiger partial charge >= 0.3 is 0 Å². The van der Waals surface area contributed by atoms with Gasteiger partial charge in [0.1, 0.15) is 11.6 Å². The third-order valence-corrected chi connectivity index (χ3v) is 5.83. The van der Waals surface area contributed by atoms with E-state index in [4.69, 9.17) is 33.3 Å². The summed E-state index contributed by atoms with van der Waals surface area (Å²) in [5.41, 5.74) is 2.03. The lowest BCUT2D eigenvalue weighted by atomic mass is 10.1. The Balaban J connectivity index is 1.80. The fourth-order valence-electron chi connectivity index (χ4n) is 3.11. The minimum absolute atomic E-state index is 0.436. The standard InChI is InChI=1S/C21H23BrClNO2S/c1-2-25-19-13-16(21(27)24-10-4-3-5-11-24)12-18(22)20(19)26-14-15-6-8-17(23)9-7-15/h6-9,12-13H,2-5,10-11,14H2,1H3. The van der Waals surface area contributed by atoms with Crippen molar-refractivity contribution in [2.75, 3.05) is 19.7 Å². The maximum atomic E-state index is 6.05. The van der Waals surface area contributed by atoms with Crippen molar-refractivity contribution in [3.63, 3.8) is 0 Å². The van der Waals surface area contributed by atoms with Crippen LogP contribution in [-0.4, -0.2) is 29.6 Å². The van der Waals surface area contributed by atoms with Gasteiger partial charge in [-0.05, 0) is 71.9 Å². The SMILES string of the molecule is CCOc1cc(C(=S)N2CCCCC2)cc(Br)c1OCc1ccc(Cl)cc1. The molecule has 2 aromatic carbocycles. The van der Waals surface area contributed by atoms with Crippen LogP contribution < -0.4 is 9.47 Å².